The van der Waals surface area contributed by atoms with Crippen molar-refractivity contribution in [3.8, 4) is 0 Å². The Morgan fingerprint density at radius 1 is 1.50 bits per heavy atom. The fourth-order valence-electron chi connectivity index (χ4n) is 1.55. The third kappa shape index (κ3) is 3.91. The van der Waals surface area contributed by atoms with Crippen molar-refractivity contribution in [3.63, 3.8) is 0 Å². The van der Waals surface area contributed by atoms with Crippen molar-refractivity contribution in [1.29, 1.82) is 0 Å². The molecule has 0 bridgehead atoms. The van der Waals surface area contributed by atoms with E-state index in [0.717, 1.165) is 12.8 Å². The second kappa shape index (κ2) is 5.80. The topological polar surface area (TPSA) is 50.4 Å². The number of amides is 1. The quantitative estimate of drug-likeness (QED) is 0.688. The zero-order valence-electron chi connectivity index (χ0n) is 8.34. The van der Waals surface area contributed by atoms with Crippen molar-refractivity contribution in [2.45, 2.75) is 38.6 Å². The number of carbonyl (C=O) groups is 1. The van der Waals surface area contributed by atoms with E-state index in [1.54, 1.807) is 6.92 Å². The van der Waals surface area contributed by atoms with Crippen LogP contribution in [-0.4, -0.2) is 23.9 Å². The summed E-state index contributed by atoms with van der Waals surface area (Å²) in [5.74, 6) is 0. The molecule has 1 amide bonds. The molecule has 1 aliphatic carbocycles. The smallest absolute Gasteiger partial charge is 0.413 e. The predicted molar refractivity (Wildman–Crippen MR) is 58.1 cm³/mol. The van der Waals surface area contributed by atoms with Crippen LogP contribution in [0.2, 0.25) is 0 Å². The van der Waals surface area contributed by atoms with E-state index >= 15 is 0 Å². The molecule has 2 N–H and O–H groups in total. The van der Waals surface area contributed by atoms with Crippen molar-refractivity contribution in [2.24, 2.45) is 0 Å². The van der Waals surface area contributed by atoms with Crippen molar-refractivity contribution in [2.75, 3.05) is 6.61 Å². The second-order valence-electron chi connectivity index (χ2n) is 3.30. The van der Waals surface area contributed by atoms with Gasteiger partial charge in [-0.15, -0.1) is 0 Å². The van der Waals surface area contributed by atoms with E-state index in [-0.39, 0.29) is 0 Å². The molecule has 5 heteroatoms. The van der Waals surface area contributed by atoms with E-state index in [9.17, 15) is 4.79 Å². The Hall–Kier alpha value is -0.840. The molecule has 14 heavy (non-hydrogen) atoms. The van der Waals surface area contributed by atoms with Crippen LogP contribution in [0.5, 0.6) is 0 Å². The first-order chi connectivity index (χ1) is 6.72. The number of rotatable bonds is 2. The zero-order valence-corrected chi connectivity index (χ0v) is 9.15. The van der Waals surface area contributed by atoms with Gasteiger partial charge in [0.1, 0.15) is 0 Å². The SMILES string of the molecule is CCOC(=O)NC(=S)NC1CCCC1. The molecule has 1 rings (SSSR count). The standard InChI is InChI=1S/C9H16N2O2S/c1-2-13-9(12)11-8(14)10-7-5-3-4-6-7/h7H,2-6H2,1H3,(H2,10,11,12,14). The van der Waals surface area contributed by atoms with Gasteiger partial charge in [0.05, 0.1) is 6.61 Å². The molecule has 0 heterocycles. The molecule has 0 radical (unpaired) electrons. The first-order valence-electron chi connectivity index (χ1n) is 4.96. The Labute approximate surface area is 89.4 Å². The maximum Gasteiger partial charge on any atom is 0.413 e. The summed E-state index contributed by atoms with van der Waals surface area (Å²) in [5, 5.41) is 5.93. The molecule has 0 aromatic carbocycles. The summed E-state index contributed by atoms with van der Waals surface area (Å²) < 4.78 is 4.70. The fourth-order valence-corrected chi connectivity index (χ4v) is 1.80. The molecule has 0 saturated heterocycles. The molecule has 1 saturated carbocycles. The summed E-state index contributed by atoms with van der Waals surface area (Å²) in [4.78, 5) is 11.0. The van der Waals surface area contributed by atoms with E-state index in [2.05, 4.69) is 10.6 Å². The molecule has 4 nitrogen and oxygen atoms in total. The number of nitrogens with one attached hydrogen (secondary N) is 2. The van der Waals surface area contributed by atoms with Crippen LogP contribution >= 0.6 is 12.2 Å². The van der Waals surface area contributed by atoms with Crippen LogP contribution in [0.15, 0.2) is 0 Å². The van der Waals surface area contributed by atoms with Gasteiger partial charge < -0.3 is 10.1 Å². The largest absolute Gasteiger partial charge is 0.450 e. The Balaban J connectivity index is 2.17. The highest BCUT2D eigenvalue weighted by Gasteiger charge is 2.16. The van der Waals surface area contributed by atoms with Crippen molar-refractivity contribution >= 4 is 23.4 Å². The lowest BCUT2D eigenvalue weighted by Crippen LogP contribution is -2.43. The van der Waals surface area contributed by atoms with Crippen LogP contribution < -0.4 is 10.6 Å². The van der Waals surface area contributed by atoms with Crippen LogP contribution in [0.1, 0.15) is 32.6 Å². The Morgan fingerprint density at radius 3 is 2.71 bits per heavy atom. The van der Waals surface area contributed by atoms with Gasteiger partial charge in [0.2, 0.25) is 0 Å². The van der Waals surface area contributed by atoms with Gasteiger partial charge >= 0.3 is 6.09 Å². The van der Waals surface area contributed by atoms with Crippen LogP contribution in [0.25, 0.3) is 0 Å². The lowest BCUT2D eigenvalue weighted by atomic mass is 10.3. The summed E-state index contributed by atoms with van der Waals surface area (Å²) in [6.45, 7) is 2.12. The molecule has 1 fully saturated rings. The van der Waals surface area contributed by atoms with Gasteiger partial charge in [-0.05, 0) is 32.0 Å². The van der Waals surface area contributed by atoms with E-state index in [1.165, 1.54) is 12.8 Å². The summed E-state index contributed by atoms with van der Waals surface area (Å²) in [6.07, 6.45) is 4.25. The van der Waals surface area contributed by atoms with E-state index in [0.29, 0.717) is 17.8 Å². The highest BCUT2D eigenvalue weighted by Crippen LogP contribution is 2.17. The first kappa shape index (κ1) is 11.2. The number of hydrogen-bond acceptors (Lipinski definition) is 3. The minimum absolute atomic E-state index is 0.359. The highest BCUT2D eigenvalue weighted by atomic mass is 32.1. The summed E-state index contributed by atoms with van der Waals surface area (Å²) in [5.41, 5.74) is 0. The van der Waals surface area contributed by atoms with E-state index in [1.807, 2.05) is 0 Å². The Kier molecular flexibility index (Phi) is 4.65. The molecule has 0 aromatic heterocycles. The van der Waals surface area contributed by atoms with Crippen molar-refractivity contribution < 1.29 is 9.53 Å². The lowest BCUT2D eigenvalue weighted by Gasteiger charge is -2.14. The average Bonchev–Trinajstić information content (AvgIpc) is 2.56. The molecule has 0 spiro atoms. The van der Waals surface area contributed by atoms with Crippen molar-refractivity contribution in [3.05, 3.63) is 0 Å². The van der Waals surface area contributed by atoms with Gasteiger partial charge in [0.25, 0.3) is 0 Å². The molecule has 1 aliphatic rings. The Bertz CT molecular complexity index is 215. The van der Waals surface area contributed by atoms with Gasteiger partial charge in [-0.25, -0.2) is 4.79 Å². The first-order valence-corrected chi connectivity index (χ1v) is 5.37. The van der Waals surface area contributed by atoms with E-state index < -0.39 is 6.09 Å². The highest BCUT2D eigenvalue weighted by molar-refractivity contribution is 7.80. The molecule has 0 aromatic rings. The summed E-state index contributed by atoms with van der Waals surface area (Å²) in [7, 11) is 0. The Morgan fingerprint density at radius 2 is 2.14 bits per heavy atom. The average molecular weight is 216 g/mol. The minimum Gasteiger partial charge on any atom is -0.450 e. The molecule has 0 unspecified atom stereocenters. The van der Waals surface area contributed by atoms with Crippen molar-refractivity contribution in [1.82, 2.24) is 10.6 Å². The van der Waals surface area contributed by atoms with Crippen LogP contribution in [0.3, 0.4) is 0 Å². The second-order valence-corrected chi connectivity index (χ2v) is 3.71. The summed E-state index contributed by atoms with van der Waals surface area (Å²) in [6, 6.07) is 0.421. The number of ether oxygens (including phenoxy) is 1. The summed E-state index contributed by atoms with van der Waals surface area (Å²) >= 11 is 4.96. The van der Waals surface area contributed by atoms with Crippen LogP contribution in [-0.2, 0) is 4.74 Å². The maximum atomic E-state index is 11.0. The molecule has 0 aliphatic heterocycles. The van der Waals surface area contributed by atoms with Gasteiger partial charge in [0.15, 0.2) is 5.11 Å². The molecule has 80 valence electrons. The van der Waals surface area contributed by atoms with Gasteiger partial charge in [-0.3, -0.25) is 5.32 Å². The van der Waals surface area contributed by atoms with E-state index in [4.69, 9.17) is 17.0 Å². The third-order valence-corrected chi connectivity index (χ3v) is 2.40. The van der Waals surface area contributed by atoms with Crippen LogP contribution in [0.4, 0.5) is 4.79 Å². The zero-order chi connectivity index (χ0) is 10.4. The number of hydrogen-bond donors (Lipinski definition) is 2. The monoisotopic (exact) mass is 216 g/mol. The predicted octanol–water partition coefficient (Wildman–Crippen LogP) is 1.55. The van der Waals surface area contributed by atoms with Gasteiger partial charge in [-0.2, -0.15) is 0 Å². The fraction of sp³-hybridized carbons (Fsp3) is 0.778. The number of thiocarbonyl (C=S) groups is 1. The number of carbonyl (C=O) groups excluding carboxylic acids is 1. The molecular formula is C9H16N2O2S. The third-order valence-electron chi connectivity index (χ3n) is 2.18. The minimum atomic E-state index is -0.483. The maximum absolute atomic E-state index is 11.0. The van der Waals surface area contributed by atoms with Gasteiger partial charge in [0, 0.05) is 6.04 Å². The van der Waals surface area contributed by atoms with Gasteiger partial charge in [-0.1, -0.05) is 12.8 Å². The normalized spacial score (nSPS) is 16.4. The lowest BCUT2D eigenvalue weighted by molar-refractivity contribution is 0.157. The van der Waals surface area contributed by atoms with Crippen LogP contribution in [0, 0.1) is 0 Å². The molecular weight excluding hydrogens is 200 g/mol. The molecule has 0 atom stereocenters. The number of alkyl carbamates (subject to hydrolysis) is 1.